The zero-order valence-electron chi connectivity index (χ0n) is 19.3. The second-order valence-corrected chi connectivity index (χ2v) is 8.72. The van der Waals surface area contributed by atoms with Gasteiger partial charge in [-0.1, -0.05) is 48.5 Å². The number of carbonyl (C=O) groups is 2. The Kier molecular flexibility index (Phi) is 6.14. The Morgan fingerprint density at radius 2 is 1.62 bits per heavy atom. The van der Waals surface area contributed by atoms with Crippen molar-refractivity contribution in [2.45, 2.75) is 12.8 Å². The summed E-state index contributed by atoms with van der Waals surface area (Å²) in [6.07, 6.45) is 2.33. The van der Waals surface area contributed by atoms with E-state index in [0.717, 1.165) is 47.0 Å². The van der Waals surface area contributed by atoms with E-state index in [1.54, 1.807) is 4.90 Å². The summed E-state index contributed by atoms with van der Waals surface area (Å²) in [4.78, 5) is 29.5. The Bertz CT molecular complexity index is 1230. The van der Waals surface area contributed by atoms with Gasteiger partial charge in [0.25, 0.3) is 5.91 Å². The second-order valence-electron chi connectivity index (χ2n) is 8.72. The van der Waals surface area contributed by atoms with Gasteiger partial charge >= 0.3 is 0 Å². The van der Waals surface area contributed by atoms with Gasteiger partial charge in [-0.3, -0.25) is 14.5 Å². The number of anilines is 3. The largest absolute Gasteiger partial charge is 0.354 e. The van der Waals surface area contributed by atoms with Crippen molar-refractivity contribution in [2.75, 3.05) is 42.2 Å². The maximum Gasteiger partial charge on any atom is 0.258 e. The van der Waals surface area contributed by atoms with Crippen molar-refractivity contribution < 1.29 is 9.59 Å². The first-order valence-corrected chi connectivity index (χ1v) is 11.7. The molecule has 1 fully saturated rings. The molecule has 6 nitrogen and oxygen atoms in total. The zero-order valence-corrected chi connectivity index (χ0v) is 19.3. The van der Waals surface area contributed by atoms with Gasteiger partial charge in [0, 0.05) is 29.7 Å². The highest BCUT2D eigenvalue weighted by molar-refractivity contribution is 6.37. The molecule has 0 radical (unpaired) electrons. The molecule has 5 rings (SSSR count). The highest BCUT2D eigenvalue weighted by Gasteiger charge is 2.28. The molecule has 2 aliphatic heterocycles. The SMILES string of the molecule is CN(C(=O)CN1CCCC1)c1ccc(NC(=C2C(=O)Nc3ccccc32)c2ccccc2)cc1. The maximum atomic E-state index is 12.9. The Balaban J connectivity index is 1.42. The van der Waals surface area contributed by atoms with Gasteiger partial charge in [-0.05, 0) is 61.8 Å². The highest BCUT2D eigenvalue weighted by Crippen LogP contribution is 2.37. The summed E-state index contributed by atoms with van der Waals surface area (Å²) in [5, 5.41) is 6.43. The third-order valence-corrected chi connectivity index (χ3v) is 6.44. The molecule has 2 aliphatic rings. The van der Waals surface area contributed by atoms with Crippen LogP contribution in [0.3, 0.4) is 0 Å². The van der Waals surface area contributed by atoms with Gasteiger partial charge in [0.15, 0.2) is 0 Å². The molecule has 0 atom stereocenters. The lowest BCUT2D eigenvalue weighted by atomic mass is 10.00. The molecule has 0 saturated carbocycles. The first-order chi connectivity index (χ1) is 16.6. The van der Waals surface area contributed by atoms with Gasteiger partial charge in [-0.15, -0.1) is 0 Å². The van der Waals surface area contributed by atoms with Crippen LogP contribution in [0.25, 0.3) is 11.3 Å². The van der Waals surface area contributed by atoms with Crippen LogP contribution in [0.5, 0.6) is 0 Å². The number of likely N-dealkylation sites (tertiary alicyclic amines) is 1. The van der Waals surface area contributed by atoms with E-state index in [1.807, 2.05) is 85.9 Å². The monoisotopic (exact) mass is 452 g/mol. The number of hydrogen-bond acceptors (Lipinski definition) is 4. The van der Waals surface area contributed by atoms with Gasteiger partial charge in [-0.2, -0.15) is 0 Å². The summed E-state index contributed by atoms with van der Waals surface area (Å²) in [6.45, 7) is 2.45. The number of fused-ring (bicyclic) bond motifs is 1. The molecule has 0 aliphatic carbocycles. The molecule has 2 N–H and O–H groups in total. The molecular weight excluding hydrogens is 424 g/mol. The average molecular weight is 453 g/mol. The molecular formula is C28H28N4O2. The normalized spacial score (nSPS) is 16.7. The number of benzene rings is 3. The number of para-hydroxylation sites is 1. The van der Waals surface area contributed by atoms with Crippen molar-refractivity contribution in [2.24, 2.45) is 0 Å². The smallest absolute Gasteiger partial charge is 0.258 e. The molecule has 1 saturated heterocycles. The van der Waals surface area contributed by atoms with Crippen LogP contribution in [0.2, 0.25) is 0 Å². The maximum absolute atomic E-state index is 12.9. The fourth-order valence-corrected chi connectivity index (χ4v) is 4.54. The number of hydrogen-bond donors (Lipinski definition) is 2. The van der Waals surface area contributed by atoms with Crippen molar-refractivity contribution in [3.8, 4) is 0 Å². The Morgan fingerprint density at radius 1 is 0.941 bits per heavy atom. The number of nitrogens with one attached hydrogen (secondary N) is 2. The van der Waals surface area contributed by atoms with E-state index in [1.165, 1.54) is 12.8 Å². The molecule has 0 aromatic heterocycles. The van der Waals surface area contributed by atoms with Crippen LogP contribution in [-0.4, -0.2) is 43.4 Å². The highest BCUT2D eigenvalue weighted by atomic mass is 16.2. The lowest BCUT2D eigenvalue weighted by Gasteiger charge is -2.22. The fourth-order valence-electron chi connectivity index (χ4n) is 4.54. The van der Waals surface area contributed by atoms with Gasteiger partial charge in [0.05, 0.1) is 17.8 Å². The number of likely N-dealkylation sites (N-methyl/N-ethyl adjacent to an activating group) is 1. The Morgan fingerprint density at radius 3 is 2.35 bits per heavy atom. The summed E-state index contributed by atoms with van der Waals surface area (Å²) in [6, 6.07) is 25.3. The lowest BCUT2D eigenvalue weighted by Crippen LogP contribution is -2.37. The van der Waals surface area contributed by atoms with E-state index < -0.39 is 0 Å². The van der Waals surface area contributed by atoms with Crippen LogP contribution in [-0.2, 0) is 9.59 Å². The van der Waals surface area contributed by atoms with E-state index in [0.29, 0.717) is 12.1 Å². The van der Waals surface area contributed by atoms with Crippen molar-refractivity contribution in [1.82, 2.24) is 4.90 Å². The Hall–Kier alpha value is -3.90. The van der Waals surface area contributed by atoms with E-state index in [-0.39, 0.29) is 11.8 Å². The lowest BCUT2D eigenvalue weighted by molar-refractivity contribution is -0.119. The van der Waals surface area contributed by atoms with Crippen LogP contribution in [0.1, 0.15) is 24.0 Å². The molecule has 34 heavy (non-hydrogen) atoms. The van der Waals surface area contributed by atoms with Gasteiger partial charge in [0.1, 0.15) is 0 Å². The molecule has 2 amide bonds. The van der Waals surface area contributed by atoms with Gasteiger partial charge in [0.2, 0.25) is 5.91 Å². The van der Waals surface area contributed by atoms with Crippen LogP contribution in [0.15, 0.2) is 78.9 Å². The van der Waals surface area contributed by atoms with Crippen molar-refractivity contribution in [3.05, 3.63) is 90.0 Å². The molecule has 172 valence electrons. The van der Waals surface area contributed by atoms with E-state index in [9.17, 15) is 9.59 Å². The van der Waals surface area contributed by atoms with E-state index in [4.69, 9.17) is 0 Å². The van der Waals surface area contributed by atoms with Crippen LogP contribution < -0.4 is 15.5 Å². The quantitative estimate of drug-likeness (QED) is 0.533. The van der Waals surface area contributed by atoms with Gasteiger partial charge < -0.3 is 15.5 Å². The standard InChI is InChI=1S/C28H28N4O2/c1-31(25(33)19-32-17-7-8-18-32)22-15-13-21(14-16-22)29-27(20-9-3-2-4-10-20)26-23-11-5-6-12-24(23)30-28(26)34/h2-6,9-16,29H,7-8,17-19H2,1H3,(H,30,34). The molecule has 0 spiro atoms. The molecule has 0 unspecified atom stereocenters. The predicted molar refractivity (Wildman–Crippen MR) is 137 cm³/mol. The molecule has 3 aromatic rings. The van der Waals surface area contributed by atoms with Crippen molar-refractivity contribution in [1.29, 1.82) is 0 Å². The summed E-state index contributed by atoms with van der Waals surface area (Å²) < 4.78 is 0. The minimum absolute atomic E-state index is 0.0916. The van der Waals surface area contributed by atoms with Gasteiger partial charge in [-0.25, -0.2) is 0 Å². The first kappa shape index (κ1) is 21.9. The minimum atomic E-state index is -0.128. The van der Waals surface area contributed by atoms with Crippen molar-refractivity contribution in [3.63, 3.8) is 0 Å². The predicted octanol–water partition coefficient (Wildman–Crippen LogP) is 4.68. The first-order valence-electron chi connectivity index (χ1n) is 11.7. The van der Waals surface area contributed by atoms with Crippen LogP contribution >= 0.6 is 0 Å². The third kappa shape index (κ3) is 4.45. The fraction of sp³-hybridized carbons (Fsp3) is 0.214. The molecule has 3 aromatic carbocycles. The molecule has 6 heteroatoms. The topological polar surface area (TPSA) is 64.7 Å². The third-order valence-electron chi connectivity index (χ3n) is 6.44. The van der Waals surface area contributed by atoms with Crippen LogP contribution in [0.4, 0.5) is 17.1 Å². The van der Waals surface area contributed by atoms with Crippen molar-refractivity contribution >= 4 is 40.1 Å². The summed E-state index contributed by atoms with van der Waals surface area (Å²) in [7, 11) is 1.82. The molecule has 0 bridgehead atoms. The minimum Gasteiger partial charge on any atom is -0.354 e. The van der Waals surface area contributed by atoms with E-state index >= 15 is 0 Å². The summed E-state index contributed by atoms with van der Waals surface area (Å²) in [5.41, 5.74) is 5.65. The number of carbonyl (C=O) groups excluding carboxylic acids is 2. The molecule has 2 heterocycles. The number of nitrogens with zero attached hydrogens (tertiary/aromatic N) is 2. The zero-order chi connectivity index (χ0) is 23.5. The average Bonchev–Trinajstić information content (AvgIpc) is 3.50. The number of amides is 2. The number of rotatable bonds is 6. The Labute approximate surface area is 199 Å². The van der Waals surface area contributed by atoms with E-state index in [2.05, 4.69) is 15.5 Å². The summed E-state index contributed by atoms with van der Waals surface area (Å²) >= 11 is 0. The van der Waals surface area contributed by atoms with Crippen LogP contribution in [0, 0.1) is 0 Å². The summed E-state index contributed by atoms with van der Waals surface area (Å²) in [5.74, 6) is -0.0367. The second kappa shape index (κ2) is 9.53.